The molecule has 0 aliphatic carbocycles. The zero-order chi connectivity index (χ0) is 17.6. The van der Waals surface area contributed by atoms with Gasteiger partial charge in [0.25, 0.3) is 0 Å². The number of H-pyrrole nitrogens is 1. The Bertz CT molecular complexity index is 857. The second kappa shape index (κ2) is 7.61. The van der Waals surface area contributed by atoms with Crippen LogP contribution in [0.25, 0.3) is 22.4 Å². The highest BCUT2D eigenvalue weighted by Gasteiger charge is 2.17. The molecule has 25 heavy (non-hydrogen) atoms. The molecule has 0 atom stereocenters. The van der Waals surface area contributed by atoms with Gasteiger partial charge in [-0.05, 0) is 31.0 Å². The van der Waals surface area contributed by atoms with Crippen LogP contribution >= 0.6 is 0 Å². The van der Waals surface area contributed by atoms with Crippen molar-refractivity contribution >= 4 is 23.1 Å². The number of ether oxygens (including phenoxy) is 1. The van der Waals surface area contributed by atoms with Crippen LogP contribution in [0.15, 0.2) is 36.8 Å². The molecule has 0 aromatic carbocycles. The van der Waals surface area contributed by atoms with Crippen molar-refractivity contribution in [2.24, 2.45) is 0 Å². The minimum absolute atomic E-state index is 0.187. The minimum atomic E-state index is -0.187. The lowest BCUT2D eigenvalue weighted by atomic mass is 10.2. The molecule has 4 rings (SSSR count). The smallest absolute Gasteiger partial charge is 0.409 e. The topological polar surface area (TPSA) is 110 Å². The summed E-state index contributed by atoms with van der Waals surface area (Å²) in [7, 11) is 1.42. The fourth-order valence-corrected chi connectivity index (χ4v) is 2.62. The van der Waals surface area contributed by atoms with E-state index in [0.29, 0.717) is 5.82 Å². The van der Waals surface area contributed by atoms with Crippen LogP contribution in [0.5, 0.6) is 0 Å². The van der Waals surface area contributed by atoms with Gasteiger partial charge < -0.3 is 20.4 Å². The van der Waals surface area contributed by atoms with Crippen molar-refractivity contribution < 1.29 is 9.53 Å². The van der Waals surface area contributed by atoms with Gasteiger partial charge in [0, 0.05) is 31.0 Å². The molecule has 8 nitrogen and oxygen atoms in total. The highest BCUT2D eigenvalue weighted by atomic mass is 16.5. The van der Waals surface area contributed by atoms with E-state index in [-0.39, 0.29) is 6.09 Å². The van der Waals surface area contributed by atoms with Crippen LogP contribution in [-0.4, -0.2) is 51.1 Å². The van der Waals surface area contributed by atoms with Crippen LogP contribution in [0.2, 0.25) is 0 Å². The number of aromatic amines is 1. The SMILES string of the molecule is COC(=O)N1CCCC1.Nc1ncccc1-c1cnc2[nH]ccc2n1. The maximum atomic E-state index is 10.7. The number of nitrogens with one attached hydrogen (secondary N) is 1. The summed E-state index contributed by atoms with van der Waals surface area (Å²) in [4.78, 5) is 28.2. The maximum Gasteiger partial charge on any atom is 0.409 e. The zero-order valence-corrected chi connectivity index (χ0v) is 14.0. The zero-order valence-electron chi connectivity index (χ0n) is 14.0. The number of rotatable bonds is 1. The number of nitrogen functional groups attached to an aromatic ring is 1. The van der Waals surface area contributed by atoms with Gasteiger partial charge in [-0.25, -0.2) is 19.7 Å². The van der Waals surface area contributed by atoms with Gasteiger partial charge in [-0.3, -0.25) is 0 Å². The summed E-state index contributed by atoms with van der Waals surface area (Å²) in [6, 6.07) is 5.58. The van der Waals surface area contributed by atoms with Crippen molar-refractivity contribution in [2.45, 2.75) is 12.8 Å². The number of nitrogens with zero attached hydrogens (tertiary/aromatic N) is 4. The van der Waals surface area contributed by atoms with E-state index in [1.54, 1.807) is 23.5 Å². The molecule has 3 aromatic rings. The number of carbonyl (C=O) groups excluding carboxylic acids is 1. The molecule has 1 amide bonds. The largest absolute Gasteiger partial charge is 0.453 e. The molecule has 3 aromatic heterocycles. The minimum Gasteiger partial charge on any atom is -0.453 e. The second-order valence-corrected chi connectivity index (χ2v) is 5.57. The molecule has 0 radical (unpaired) electrons. The third-order valence-corrected chi connectivity index (χ3v) is 3.91. The fourth-order valence-electron chi connectivity index (χ4n) is 2.62. The normalized spacial score (nSPS) is 13.4. The summed E-state index contributed by atoms with van der Waals surface area (Å²) < 4.78 is 4.52. The monoisotopic (exact) mass is 340 g/mol. The Hall–Kier alpha value is -3.16. The third kappa shape index (κ3) is 3.85. The lowest BCUT2D eigenvalue weighted by Crippen LogP contribution is -2.27. The van der Waals surface area contributed by atoms with Crippen molar-refractivity contribution in [3.05, 3.63) is 36.8 Å². The second-order valence-electron chi connectivity index (χ2n) is 5.57. The first kappa shape index (κ1) is 16.7. The Balaban J connectivity index is 0.000000173. The van der Waals surface area contributed by atoms with E-state index in [1.807, 2.05) is 18.2 Å². The summed E-state index contributed by atoms with van der Waals surface area (Å²) in [5, 5.41) is 0. The number of pyridine rings is 1. The van der Waals surface area contributed by atoms with Crippen molar-refractivity contribution in [1.29, 1.82) is 0 Å². The Kier molecular flexibility index (Phi) is 5.08. The summed E-state index contributed by atoms with van der Waals surface area (Å²) in [6.07, 6.45) is 7.20. The summed E-state index contributed by atoms with van der Waals surface area (Å²) in [6.45, 7) is 1.74. The first-order chi connectivity index (χ1) is 12.2. The Morgan fingerprint density at radius 1 is 1.28 bits per heavy atom. The first-order valence-corrected chi connectivity index (χ1v) is 8.03. The molecule has 1 saturated heterocycles. The van der Waals surface area contributed by atoms with E-state index >= 15 is 0 Å². The van der Waals surface area contributed by atoms with Gasteiger partial charge in [-0.2, -0.15) is 0 Å². The molecule has 0 saturated carbocycles. The number of anilines is 1. The summed E-state index contributed by atoms with van der Waals surface area (Å²) >= 11 is 0. The van der Waals surface area contributed by atoms with Gasteiger partial charge >= 0.3 is 6.09 Å². The fraction of sp³-hybridized carbons (Fsp3) is 0.294. The molecular formula is C17H20N6O2. The predicted molar refractivity (Wildman–Crippen MR) is 94.7 cm³/mol. The van der Waals surface area contributed by atoms with E-state index in [0.717, 1.165) is 48.4 Å². The highest BCUT2D eigenvalue weighted by Crippen LogP contribution is 2.22. The van der Waals surface area contributed by atoms with Gasteiger partial charge in [0.2, 0.25) is 0 Å². The molecule has 4 heterocycles. The predicted octanol–water partition coefficient (Wildman–Crippen LogP) is 2.45. The van der Waals surface area contributed by atoms with Gasteiger partial charge in [-0.1, -0.05) is 0 Å². The summed E-state index contributed by atoms with van der Waals surface area (Å²) in [5.41, 5.74) is 8.91. The quantitative estimate of drug-likeness (QED) is 0.704. The van der Waals surface area contributed by atoms with Crippen LogP contribution in [0.1, 0.15) is 12.8 Å². The van der Waals surface area contributed by atoms with Crippen molar-refractivity contribution in [2.75, 3.05) is 25.9 Å². The Morgan fingerprint density at radius 3 is 2.80 bits per heavy atom. The van der Waals surface area contributed by atoms with Crippen LogP contribution in [0, 0.1) is 0 Å². The van der Waals surface area contributed by atoms with E-state index < -0.39 is 0 Å². The summed E-state index contributed by atoms with van der Waals surface area (Å²) in [5.74, 6) is 0.465. The van der Waals surface area contributed by atoms with E-state index in [2.05, 4.69) is 24.7 Å². The van der Waals surface area contributed by atoms with E-state index in [4.69, 9.17) is 5.73 Å². The average molecular weight is 340 g/mol. The number of hydrogen-bond acceptors (Lipinski definition) is 6. The van der Waals surface area contributed by atoms with Crippen LogP contribution in [-0.2, 0) is 4.74 Å². The molecule has 1 fully saturated rings. The van der Waals surface area contributed by atoms with Gasteiger partial charge in [0.1, 0.15) is 11.3 Å². The molecule has 3 N–H and O–H groups in total. The van der Waals surface area contributed by atoms with Crippen molar-refractivity contribution in [3.8, 4) is 11.3 Å². The first-order valence-electron chi connectivity index (χ1n) is 8.03. The van der Waals surface area contributed by atoms with Gasteiger partial charge in [-0.15, -0.1) is 0 Å². The number of likely N-dealkylation sites (tertiary alicyclic amines) is 1. The Labute approximate surface area is 145 Å². The van der Waals surface area contributed by atoms with Crippen molar-refractivity contribution in [3.63, 3.8) is 0 Å². The molecule has 0 unspecified atom stereocenters. The van der Waals surface area contributed by atoms with Gasteiger partial charge in [0.15, 0.2) is 5.65 Å². The molecule has 1 aliphatic heterocycles. The van der Waals surface area contributed by atoms with E-state index in [1.165, 1.54) is 7.11 Å². The molecular weight excluding hydrogens is 320 g/mol. The number of amides is 1. The Morgan fingerprint density at radius 2 is 2.08 bits per heavy atom. The standard InChI is InChI=1S/C11H9N5.C6H11NO2/c12-10-7(2-1-4-13-10)9-6-15-11-8(16-9)3-5-14-11;1-9-6(8)7-4-2-3-5-7/h1-6H,(H2,12,13)(H,14,15);2-5H2,1H3. The van der Waals surface area contributed by atoms with E-state index in [9.17, 15) is 4.79 Å². The number of nitrogens with two attached hydrogens (primary N) is 1. The van der Waals surface area contributed by atoms with Gasteiger partial charge in [0.05, 0.1) is 19.0 Å². The maximum absolute atomic E-state index is 10.7. The molecule has 0 bridgehead atoms. The number of hydrogen-bond donors (Lipinski definition) is 2. The molecule has 1 aliphatic rings. The van der Waals surface area contributed by atoms with Crippen LogP contribution in [0.4, 0.5) is 10.6 Å². The average Bonchev–Trinajstić information content (AvgIpc) is 3.33. The van der Waals surface area contributed by atoms with Crippen LogP contribution in [0.3, 0.4) is 0 Å². The van der Waals surface area contributed by atoms with Crippen molar-refractivity contribution in [1.82, 2.24) is 24.8 Å². The highest BCUT2D eigenvalue weighted by molar-refractivity contribution is 5.77. The molecule has 8 heteroatoms. The number of methoxy groups -OCH3 is 1. The number of fused-ring (bicyclic) bond motifs is 1. The van der Waals surface area contributed by atoms with Crippen LogP contribution < -0.4 is 5.73 Å². The lowest BCUT2D eigenvalue weighted by molar-refractivity contribution is 0.133. The molecule has 0 spiro atoms. The lowest BCUT2D eigenvalue weighted by Gasteiger charge is -2.11. The number of aromatic nitrogens is 4. The number of carbonyl (C=O) groups is 1. The molecule has 130 valence electrons. The third-order valence-electron chi connectivity index (χ3n) is 3.91.